The lowest BCUT2D eigenvalue weighted by Gasteiger charge is -2.44. The van der Waals surface area contributed by atoms with Gasteiger partial charge < -0.3 is 4.74 Å². The van der Waals surface area contributed by atoms with Crippen LogP contribution in [-0.2, 0) is 21.4 Å². The molecule has 1 fully saturated rings. The van der Waals surface area contributed by atoms with Crippen molar-refractivity contribution in [1.29, 1.82) is 0 Å². The zero-order valence-corrected chi connectivity index (χ0v) is 22.4. The SMILES string of the molecule is C[C@@H]1CC[C@@H](C(C)(C)c2ccccc2)[C@H](OC(=O)[C@@H](Cc2ccccc2)c2ccc([N+](=O)[O-])cc2Cl)C1. The van der Waals surface area contributed by atoms with Gasteiger partial charge in [0, 0.05) is 18.1 Å². The molecule has 4 atom stereocenters. The number of carbonyl (C=O) groups excluding carboxylic acids is 1. The van der Waals surface area contributed by atoms with Crippen molar-refractivity contribution >= 4 is 23.3 Å². The van der Waals surface area contributed by atoms with E-state index in [2.05, 4.69) is 45.0 Å². The fourth-order valence-corrected chi connectivity index (χ4v) is 5.99. The highest BCUT2D eigenvalue weighted by Crippen LogP contribution is 2.44. The van der Waals surface area contributed by atoms with Crippen LogP contribution in [0.2, 0.25) is 5.02 Å². The number of rotatable bonds is 8. The van der Waals surface area contributed by atoms with Gasteiger partial charge in [-0.05, 0) is 53.4 Å². The molecule has 37 heavy (non-hydrogen) atoms. The number of nitro benzene ring substituents is 1. The Hall–Kier alpha value is -3.18. The second-order valence-corrected chi connectivity index (χ2v) is 11.2. The minimum Gasteiger partial charge on any atom is -0.462 e. The number of hydrogen-bond donors (Lipinski definition) is 0. The first-order valence-electron chi connectivity index (χ1n) is 12.9. The number of non-ortho nitro benzene ring substituents is 1. The number of esters is 1. The normalized spacial score (nSPS) is 20.7. The number of benzene rings is 3. The van der Waals surface area contributed by atoms with Gasteiger partial charge in [0.05, 0.1) is 15.9 Å². The molecule has 1 aliphatic rings. The lowest BCUT2D eigenvalue weighted by Crippen LogP contribution is -2.44. The predicted molar refractivity (Wildman–Crippen MR) is 147 cm³/mol. The van der Waals surface area contributed by atoms with Crippen LogP contribution in [0.5, 0.6) is 0 Å². The molecule has 1 aliphatic carbocycles. The summed E-state index contributed by atoms with van der Waals surface area (Å²) in [6.07, 6.45) is 3.03. The number of nitrogens with zero attached hydrogens (tertiary/aromatic N) is 1. The van der Waals surface area contributed by atoms with Gasteiger partial charge in [0.2, 0.25) is 0 Å². The standard InChI is InChI=1S/C31H34ClNO4/c1-21-14-17-27(31(2,3)23-12-8-5-9-13-23)29(18-21)37-30(34)26(19-22-10-6-4-7-11-22)25-16-15-24(33(35)36)20-28(25)32/h4-13,15-16,20-21,26-27,29H,14,17-19H2,1-3H3/t21-,26+,27-,29-/m1/s1. The van der Waals surface area contributed by atoms with Crippen LogP contribution in [0.4, 0.5) is 5.69 Å². The Bertz CT molecular complexity index is 1230. The summed E-state index contributed by atoms with van der Waals surface area (Å²) in [5.74, 6) is -0.392. The summed E-state index contributed by atoms with van der Waals surface area (Å²) < 4.78 is 6.37. The van der Waals surface area contributed by atoms with Crippen molar-refractivity contribution in [1.82, 2.24) is 0 Å². The number of hydrogen-bond acceptors (Lipinski definition) is 4. The summed E-state index contributed by atoms with van der Waals surface area (Å²) in [6.45, 7) is 6.68. The van der Waals surface area contributed by atoms with Gasteiger partial charge in [0.1, 0.15) is 6.10 Å². The van der Waals surface area contributed by atoms with Crippen molar-refractivity contribution in [3.8, 4) is 0 Å². The Morgan fingerprint density at radius 2 is 1.70 bits per heavy atom. The van der Waals surface area contributed by atoms with Crippen molar-refractivity contribution in [2.75, 3.05) is 0 Å². The van der Waals surface area contributed by atoms with E-state index in [1.165, 1.54) is 17.7 Å². The number of ether oxygens (including phenoxy) is 1. The summed E-state index contributed by atoms with van der Waals surface area (Å²) in [6, 6.07) is 24.4. The van der Waals surface area contributed by atoms with E-state index in [9.17, 15) is 14.9 Å². The van der Waals surface area contributed by atoms with Crippen LogP contribution >= 0.6 is 11.6 Å². The van der Waals surface area contributed by atoms with Gasteiger partial charge in [-0.25, -0.2) is 0 Å². The third-order valence-corrected chi connectivity index (χ3v) is 8.23. The zero-order chi connectivity index (χ0) is 26.6. The zero-order valence-electron chi connectivity index (χ0n) is 21.6. The summed E-state index contributed by atoms with van der Waals surface area (Å²) in [5.41, 5.74) is 2.47. The summed E-state index contributed by atoms with van der Waals surface area (Å²) in [7, 11) is 0. The number of carbonyl (C=O) groups is 1. The van der Waals surface area contributed by atoms with Gasteiger partial charge in [-0.3, -0.25) is 14.9 Å². The molecule has 0 aliphatic heterocycles. The molecule has 194 valence electrons. The smallest absolute Gasteiger partial charge is 0.314 e. The van der Waals surface area contributed by atoms with Gasteiger partial charge in [0.15, 0.2) is 0 Å². The van der Waals surface area contributed by atoms with E-state index in [0.717, 1.165) is 24.8 Å². The third-order valence-electron chi connectivity index (χ3n) is 7.90. The molecule has 4 rings (SSSR count). The molecule has 3 aromatic carbocycles. The molecule has 0 aromatic heterocycles. The number of nitro groups is 1. The molecular weight excluding hydrogens is 486 g/mol. The first-order chi connectivity index (χ1) is 17.7. The molecule has 5 nitrogen and oxygen atoms in total. The highest BCUT2D eigenvalue weighted by atomic mass is 35.5. The maximum absolute atomic E-state index is 13.9. The van der Waals surface area contributed by atoms with Crippen LogP contribution in [0.1, 0.15) is 62.6 Å². The Morgan fingerprint density at radius 1 is 1.05 bits per heavy atom. The van der Waals surface area contributed by atoms with E-state index in [4.69, 9.17) is 16.3 Å². The van der Waals surface area contributed by atoms with Crippen LogP contribution in [-0.4, -0.2) is 17.0 Å². The Kier molecular flexibility index (Phi) is 8.33. The molecular formula is C31H34ClNO4. The van der Waals surface area contributed by atoms with Gasteiger partial charge in [-0.15, -0.1) is 0 Å². The molecule has 0 radical (unpaired) electrons. The molecule has 1 saturated carbocycles. The minimum absolute atomic E-state index is 0.105. The van der Waals surface area contributed by atoms with Crippen LogP contribution in [0.25, 0.3) is 0 Å². The van der Waals surface area contributed by atoms with Crippen molar-refractivity contribution in [2.45, 2.75) is 63.9 Å². The Labute approximate surface area is 224 Å². The van der Waals surface area contributed by atoms with Gasteiger partial charge in [-0.1, -0.05) is 99.5 Å². The lowest BCUT2D eigenvalue weighted by atomic mass is 9.64. The van der Waals surface area contributed by atoms with E-state index in [0.29, 0.717) is 17.9 Å². The van der Waals surface area contributed by atoms with Crippen molar-refractivity contribution in [3.05, 3.63) is 111 Å². The average Bonchev–Trinajstić information content (AvgIpc) is 2.88. The van der Waals surface area contributed by atoms with Gasteiger partial charge >= 0.3 is 5.97 Å². The Morgan fingerprint density at radius 3 is 2.32 bits per heavy atom. The maximum atomic E-state index is 13.9. The highest BCUT2D eigenvalue weighted by molar-refractivity contribution is 6.31. The lowest BCUT2D eigenvalue weighted by molar-refractivity contribution is -0.384. The van der Waals surface area contributed by atoms with E-state index in [1.54, 1.807) is 6.07 Å². The quantitative estimate of drug-likeness (QED) is 0.172. The third kappa shape index (κ3) is 6.22. The summed E-state index contributed by atoms with van der Waals surface area (Å²) >= 11 is 6.51. The van der Waals surface area contributed by atoms with Crippen molar-refractivity contribution < 1.29 is 14.5 Å². The monoisotopic (exact) mass is 519 g/mol. The largest absolute Gasteiger partial charge is 0.462 e. The van der Waals surface area contributed by atoms with Crippen LogP contribution in [0.3, 0.4) is 0 Å². The second-order valence-electron chi connectivity index (χ2n) is 10.8. The highest BCUT2D eigenvalue weighted by Gasteiger charge is 2.43. The first kappa shape index (κ1) is 26.9. The summed E-state index contributed by atoms with van der Waals surface area (Å²) in [5, 5.41) is 11.5. The Balaban J connectivity index is 1.65. The molecule has 0 N–H and O–H groups in total. The van der Waals surface area contributed by atoms with Gasteiger partial charge in [-0.2, -0.15) is 0 Å². The number of halogens is 1. The fraction of sp³-hybridized carbons (Fsp3) is 0.387. The van der Waals surface area contributed by atoms with Crippen LogP contribution < -0.4 is 0 Å². The van der Waals surface area contributed by atoms with Crippen LogP contribution in [0.15, 0.2) is 78.9 Å². The molecule has 0 unspecified atom stereocenters. The van der Waals surface area contributed by atoms with E-state index >= 15 is 0 Å². The second kappa shape index (κ2) is 11.5. The molecule has 0 amide bonds. The van der Waals surface area contributed by atoms with E-state index in [1.807, 2.05) is 36.4 Å². The van der Waals surface area contributed by atoms with Crippen molar-refractivity contribution in [3.63, 3.8) is 0 Å². The molecule has 3 aromatic rings. The van der Waals surface area contributed by atoms with E-state index in [-0.39, 0.29) is 34.1 Å². The van der Waals surface area contributed by atoms with Gasteiger partial charge in [0.25, 0.3) is 5.69 Å². The summed E-state index contributed by atoms with van der Waals surface area (Å²) in [4.78, 5) is 24.7. The topological polar surface area (TPSA) is 69.4 Å². The molecule has 0 saturated heterocycles. The molecule has 0 heterocycles. The maximum Gasteiger partial charge on any atom is 0.314 e. The fourth-order valence-electron chi connectivity index (χ4n) is 5.68. The predicted octanol–water partition coefficient (Wildman–Crippen LogP) is 7.90. The van der Waals surface area contributed by atoms with Crippen LogP contribution in [0, 0.1) is 22.0 Å². The first-order valence-corrected chi connectivity index (χ1v) is 13.3. The van der Waals surface area contributed by atoms with Crippen molar-refractivity contribution in [2.24, 2.45) is 11.8 Å². The average molecular weight is 520 g/mol. The molecule has 0 bridgehead atoms. The molecule has 6 heteroatoms. The minimum atomic E-state index is -0.673. The molecule has 0 spiro atoms. The van der Waals surface area contributed by atoms with E-state index < -0.39 is 10.8 Å².